The van der Waals surface area contributed by atoms with E-state index in [0.29, 0.717) is 27.5 Å². The zero-order valence-electron chi connectivity index (χ0n) is 20.8. The number of nitrogens with zero attached hydrogens (tertiary/aromatic N) is 4. The van der Waals surface area contributed by atoms with Crippen molar-refractivity contribution in [3.8, 4) is 0 Å². The molecule has 4 aromatic heterocycles. The number of carbonyl (C=O) groups is 1. The summed E-state index contributed by atoms with van der Waals surface area (Å²) in [5, 5.41) is 11.4. The summed E-state index contributed by atoms with van der Waals surface area (Å²) < 4.78 is 26.5. The molecule has 0 saturated heterocycles. The number of hydrogen-bond donors (Lipinski definition) is 2. The molecule has 2 N–H and O–H groups in total. The highest BCUT2D eigenvalue weighted by molar-refractivity contribution is 7.90. The number of pyridine rings is 3. The van der Waals surface area contributed by atoms with Crippen LogP contribution in [0.3, 0.4) is 0 Å². The normalized spacial score (nSPS) is 11.5. The number of nitrogens with one attached hydrogen (secondary N) is 2. The van der Waals surface area contributed by atoms with E-state index in [1.54, 1.807) is 48.8 Å². The second-order valence-corrected chi connectivity index (χ2v) is 11.4. The minimum atomic E-state index is -3.63. The summed E-state index contributed by atoms with van der Waals surface area (Å²) in [6.07, 6.45) is 6.01. The summed E-state index contributed by atoms with van der Waals surface area (Å²) in [7, 11) is -3.63. The van der Waals surface area contributed by atoms with Crippen molar-refractivity contribution in [1.82, 2.24) is 30.0 Å². The summed E-state index contributed by atoms with van der Waals surface area (Å²) in [5.74, 6) is -0.310. The van der Waals surface area contributed by atoms with Crippen LogP contribution in [0.4, 0.5) is 0 Å². The van der Waals surface area contributed by atoms with Crippen LogP contribution in [0.15, 0.2) is 82.9 Å². The number of carbonyl (C=O) groups excluding carboxylic acids is 1. The van der Waals surface area contributed by atoms with Crippen LogP contribution in [0.5, 0.6) is 0 Å². The second-order valence-electron chi connectivity index (χ2n) is 8.98. The van der Waals surface area contributed by atoms with Crippen LogP contribution < -0.4 is 10.9 Å². The number of fused-ring (bicyclic) bond motifs is 1. The fourth-order valence-corrected chi connectivity index (χ4v) is 5.25. The van der Waals surface area contributed by atoms with Gasteiger partial charge in [0, 0.05) is 59.0 Å². The number of H-pyrrole nitrogens is 1. The quantitative estimate of drug-likeness (QED) is 0.296. The van der Waals surface area contributed by atoms with Gasteiger partial charge in [0.2, 0.25) is 0 Å². The molecule has 1 amide bonds. The predicted molar refractivity (Wildman–Crippen MR) is 146 cm³/mol. The lowest BCUT2D eigenvalue weighted by Gasteiger charge is -2.11. The molecule has 0 aliphatic carbocycles. The number of aromatic nitrogens is 5. The van der Waals surface area contributed by atoms with Crippen molar-refractivity contribution < 1.29 is 13.2 Å². The fourth-order valence-electron chi connectivity index (χ4n) is 4.17. The molecule has 5 rings (SSSR count). The number of benzene rings is 1. The Morgan fingerprint density at radius 2 is 1.92 bits per heavy atom. The van der Waals surface area contributed by atoms with Crippen molar-refractivity contribution in [1.29, 1.82) is 0 Å². The Hall–Kier alpha value is -4.35. The Morgan fingerprint density at radius 3 is 2.72 bits per heavy atom. The summed E-state index contributed by atoms with van der Waals surface area (Å²) in [5.41, 5.74) is 3.05. The highest BCUT2D eigenvalue weighted by Gasteiger charge is 2.17. The lowest BCUT2D eigenvalue weighted by atomic mass is 10.1. The molecule has 0 bridgehead atoms. The Labute approximate surface area is 228 Å². The topological polar surface area (TPSA) is 140 Å². The van der Waals surface area contributed by atoms with Crippen LogP contribution in [0.1, 0.15) is 33.0 Å². The van der Waals surface area contributed by atoms with Crippen molar-refractivity contribution in [3.05, 3.63) is 117 Å². The van der Waals surface area contributed by atoms with Crippen molar-refractivity contribution >= 4 is 38.2 Å². The van der Waals surface area contributed by atoms with Crippen LogP contribution in [0.2, 0.25) is 5.02 Å². The SMILES string of the molecule is CS(=O)(=O)c1cc(Cc2cc(C(=O)NCc3n[nH]c4ccc(Cl)cc34)ccn2)cnc1Cn1ccccc1=O. The zero-order valence-corrected chi connectivity index (χ0v) is 22.3. The van der Waals surface area contributed by atoms with Gasteiger partial charge in [-0.3, -0.25) is 24.7 Å². The summed E-state index contributed by atoms with van der Waals surface area (Å²) in [6, 6.07) is 14.9. The molecular formula is C27H23ClN6O4S. The Bertz CT molecular complexity index is 1870. The number of hydrogen-bond acceptors (Lipinski definition) is 7. The molecule has 12 heteroatoms. The van der Waals surface area contributed by atoms with Gasteiger partial charge < -0.3 is 9.88 Å². The number of amides is 1. The maximum Gasteiger partial charge on any atom is 0.251 e. The standard InChI is InChI=1S/C27H23ClN6O4S/c1-39(37,38)25-11-17(14-30-24(25)16-34-9-3-2-4-26(34)35)10-20-12-18(7-8-29-20)27(36)31-15-23-21-13-19(28)5-6-22(21)32-33-23/h2-9,11-14H,10,15-16H2,1H3,(H,31,36)(H,32,33). The molecule has 0 unspecified atom stereocenters. The van der Waals surface area contributed by atoms with Gasteiger partial charge in [0.25, 0.3) is 11.5 Å². The molecule has 198 valence electrons. The lowest BCUT2D eigenvalue weighted by molar-refractivity contribution is 0.0950. The Morgan fingerprint density at radius 1 is 1.08 bits per heavy atom. The molecule has 39 heavy (non-hydrogen) atoms. The van der Waals surface area contributed by atoms with Gasteiger partial charge in [-0.05, 0) is 48.0 Å². The number of rotatable bonds is 8. The summed E-state index contributed by atoms with van der Waals surface area (Å²) >= 11 is 6.09. The van der Waals surface area contributed by atoms with Gasteiger partial charge in [-0.1, -0.05) is 17.7 Å². The minimum Gasteiger partial charge on any atom is -0.346 e. The van der Waals surface area contributed by atoms with E-state index in [1.165, 1.54) is 22.9 Å². The highest BCUT2D eigenvalue weighted by atomic mass is 35.5. The summed E-state index contributed by atoms with van der Waals surface area (Å²) in [6.45, 7) is 0.220. The molecular weight excluding hydrogens is 540 g/mol. The lowest BCUT2D eigenvalue weighted by Crippen LogP contribution is -2.23. The second kappa shape index (κ2) is 10.8. The predicted octanol–water partition coefficient (Wildman–Crippen LogP) is 3.14. The van der Waals surface area contributed by atoms with Crippen LogP contribution >= 0.6 is 11.6 Å². The maximum absolute atomic E-state index is 12.9. The molecule has 0 aliphatic heterocycles. The third-order valence-electron chi connectivity index (χ3n) is 6.09. The van der Waals surface area contributed by atoms with Crippen molar-refractivity contribution in [2.24, 2.45) is 0 Å². The Kier molecular flexibility index (Phi) is 7.27. The molecule has 5 aromatic rings. The van der Waals surface area contributed by atoms with Crippen molar-refractivity contribution in [2.75, 3.05) is 6.26 Å². The van der Waals surface area contributed by atoms with Gasteiger partial charge in [-0.2, -0.15) is 5.10 Å². The van der Waals surface area contributed by atoms with E-state index in [4.69, 9.17) is 11.6 Å². The van der Waals surface area contributed by atoms with E-state index in [2.05, 4.69) is 25.5 Å². The first-order valence-corrected chi connectivity index (χ1v) is 14.1. The molecule has 0 radical (unpaired) electrons. The molecule has 0 atom stereocenters. The van der Waals surface area contributed by atoms with E-state index in [1.807, 2.05) is 6.07 Å². The molecule has 1 aromatic carbocycles. The van der Waals surface area contributed by atoms with Gasteiger partial charge in [-0.25, -0.2) is 8.42 Å². The van der Waals surface area contributed by atoms with E-state index in [-0.39, 0.29) is 41.6 Å². The van der Waals surface area contributed by atoms with Gasteiger partial charge in [0.05, 0.1) is 34.9 Å². The first kappa shape index (κ1) is 26.3. The van der Waals surface area contributed by atoms with Crippen LogP contribution in [0.25, 0.3) is 10.9 Å². The third-order valence-corrected chi connectivity index (χ3v) is 7.48. The number of aromatic amines is 1. The average Bonchev–Trinajstić information content (AvgIpc) is 3.31. The van der Waals surface area contributed by atoms with Gasteiger partial charge in [0.15, 0.2) is 9.84 Å². The van der Waals surface area contributed by atoms with E-state index >= 15 is 0 Å². The molecule has 10 nitrogen and oxygen atoms in total. The first-order chi connectivity index (χ1) is 18.7. The first-order valence-electron chi connectivity index (χ1n) is 11.9. The fraction of sp³-hybridized carbons (Fsp3) is 0.148. The smallest absolute Gasteiger partial charge is 0.251 e. The molecule has 0 saturated carbocycles. The highest BCUT2D eigenvalue weighted by Crippen LogP contribution is 2.21. The number of halogens is 1. The molecule has 0 spiro atoms. The van der Waals surface area contributed by atoms with E-state index in [9.17, 15) is 18.0 Å². The largest absolute Gasteiger partial charge is 0.346 e. The van der Waals surface area contributed by atoms with E-state index < -0.39 is 9.84 Å². The summed E-state index contributed by atoms with van der Waals surface area (Å²) in [4.78, 5) is 33.7. The van der Waals surface area contributed by atoms with E-state index in [0.717, 1.165) is 17.2 Å². The zero-order chi connectivity index (χ0) is 27.6. The molecule has 4 heterocycles. The minimum absolute atomic E-state index is 0.0216. The van der Waals surface area contributed by atoms with Crippen LogP contribution in [-0.4, -0.2) is 45.3 Å². The Balaban J connectivity index is 1.33. The molecule has 0 fully saturated rings. The van der Waals surface area contributed by atoms with Crippen LogP contribution in [0, 0.1) is 0 Å². The number of sulfone groups is 1. The van der Waals surface area contributed by atoms with Gasteiger partial charge in [0.1, 0.15) is 0 Å². The maximum atomic E-state index is 12.9. The third kappa shape index (κ3) is 6.05. The average molecular weight is 563 g/mol. The van der Waals surface area contributed by atoms with Crippen LogP contribution in [-0.2, 0) is 29.3 Å². The monoisotopic (exact) mass is 562 g/mol. The van der Waals surface area contributed by atoms with Gasteiger partial charge >= 0.3 is 0 Å². The van der Waals surface area contributed by atoms with Crippen molar-refractivity contribution in [3.63, 3.8) is 0 Å². The van der Waals surface area contributed by atoms with Gasteiger partial charge in [-0.15, -0.1) is 0 Å². The molecule has 0 aliphatic rings. The van der Waals surface area contributed by atoms with Crippen molar-refractivity contribution in [2.45, 2.75) is 24.4 Å².